The molecule has 0 unspecified atom stereocenters. The van der Waals surface area contributed by atoms with Gasteiger partial charge >= 0.3 is 0 Å². The van der Waals surface area contributed by atoms with Gasteiger partial charge in [-0.2, -0.15) is 0 Å². The zero-order valence-electron chi connectivity index (χ0n) is 12.0. The number of aryl methyl sites for hydroxylation is 1. The molecule has 0 bridgehead atoms. The predicted octanol–water partition coefficient (Wildman–Crippen LogP) is 2.41. The Morgan fingerprint density at radius 3 is 2.25 bits per heavy atom. The molecule has 6 heteroatoms. The van der Waals surface area contributed by atoms with Crippen LogP contribution in [0.1, 0.15) is 22.2 Å². The third-order valence-corrected chi connectivity index (χ3v) is 4.15. The average Bonchev–Trinajstić information content (AvgIpc) is 2.95. The first kappa shape index (κ1) is 14.7. The van der Waals surface area contributed by atoms with Crippen LogP contribution in [0.25, 0.3) is 0 Å². The molecule has 20 heavy (non-hydrogen) atoms. The molecule has 0 aliphatic heterocycles. The first-order chi connectivity index (χ1) is 9.78. The summed E-state index contributed by atoms with van der Waals surface area (Å²) in [5, 5.41) is 3.38. The summed E-state index contributed by atoms with van der Waals surface area (Å²) >= 11 is 1.83. The number of thiophene rings is 1. The van der Waals surface area contributed by atoms with Crippen molar-refractivity contribution in [1.29, 1.82) is 0 Å². The molecule has 0 amide bonds. The molecule has 2 heterocycles. The topological polar surface area (TPSA) is 56.3 Å². The van der Waals surface area contributed by atoms with Gasteiger partial charge in [-0.3, -0.25) is 0 Å². The van der Waals surface area contributed by atoms with E-state index < -0.39 is 0 Å². The van der Waals surface area contributed by atoms with E-state index in [9.17, 15) is 0 Å². The highest BCUT2D eigenvalue weighted by Crippen LogP contribution is 2.23. The molecule has 0 saturated heterocycles. The Morgan fingerprint density at radius 2 is 1.70 bits per heavy atom. The second-order valence-electron chi connectivity index (χ2n) is 4.20. The van der Waals surface area contributed by atoms with E-state index in [1.54, 1.807) is 14.2 Å². The van der Waals surface area contributed by atoms with Crippen LogP contribution in [0.5, 0.6) is 11.8 Å². The molecule has 0 saturated carbocycles. The zero-order chi connectivity index (χ0) is 14.4. The number of nitrogens with zero attached hydrogens (tertiary/aromatic N) is 2. The SMILES string of the molecule is CCc1ccc(CNCc2c(OC)ncnc2OC)s1. The van der Waals surface area contributed by atoms with E-state index >= 15 is 0 Å². The van der Waals surface area contributed by atoms with Crippen LogP contribution in [0, 0.1) is 0 Å². The van der Waals surface area contributed by atoms with Gasteiger partial charge < -0.3 is 14.8 Å². The Hall–Kier alpha value is -1.66. The largest absolute Gasteiger partial charge is 0.481 e. The molecule has 0 radical (unpaired) electrons. The van der Waals surface area contributed by atoms with Crippen molar-refractivity contribution in [2.24, 2.45) is 0 Å². The molecule has 2 rings (SSSR count). The van der Waals surface area contributed by atoms with Gasteiger partial charge in [0.1, 0.15) is 6.33 Å². The van der Waals surface area contributed by atoms with Gasteiger partial charge in [0.2, 0.25) is 11.8 Å². The molecule has 2 aromatic heterocycles. The fourth-order valence-electron chi connectivity index (χ4n) is 1.90. The van der Waals surface area contributed by atoms with Gasteiger partial charge in [0.15, 0.2) is 0 Å². The molecule has 1 N–H and O–H groups in total. The van der Waals surface area contributed by atoms with Crippen molar-refractivity contribution in [2.45, 2.75) is 26.4 Å². The van der Waals surface area contributed by atoms with Crippen molar-refractivity contribution in [3.8, 4) is 11.8 Å². The van der Waals surface area contributed by atoms with E-state index in [-0.39, 0.29) is 0 Å². The van der Waals surface area contributed by atoms with Crippen LogP contribution < -0.4 is 14.8 Å². The van der Waals surface area contributed by atoms with Gasteiger partial charge in [-0.15, -0.1) is 11.3 Å². The number of hydrogen-bond acceptors (Lipinski definition) is 6. The molecule has 0 aliphatic carbocycles. The summed E-state index contributed by atoms with van der Waals surface area (Å²) in [5.74, 6) is 1.09. The number of methoxy groups -OCH3 is 2. The van der Waals surface area contributed by atoms with Gasteiger partial charge in [0.05, 0.1) is 19.8 Å². The first-order valence-electron chi connectivity index (χ1n) is 6.48. The van der Waals surface area contributed by atoms with Gasteiger partial charge in [-0.05, 0) is 18.6 Å². The van der Waals surface area contributed by atoms with Crippen molar-refractivity contribution < 1.29 is 9.47 Å². The lowest BCUT2D eigenvalue weighted by atomic mass is 10.3. The molecule has 5 nitrogen and oxygen atoms in total. The molecule has 2 aromatic rings. The third kappa shape index (κ3) is 3.46. The standard InChI is InChI=1S/C14H19N3O2S/c1-4-10-5-6-11(20-10)7-15-8-12-13(18-2)16-9-17-14(12)19-3/h5-6,9,15H,4,7-8H2,1-3H3. The lowest BCUT2D eigenvalue weighted by Crippen LogP contribution is -2.14. The lowest BCUT2D eigenvalue weighted by molar-refractivity contribution is 0.359. The van der Waals surface area contributed by atoms with E-state index in [4.69, 9.17) is 9.47 Å². The summed E-state index contributed by atoms with van der Waals surface area (Å²) < 4.78 is 10.5. The maximum Gasteiger partial charge on any atom is 0.224 e. The summed E-state index contributed by atoms with van der Waals surface area (Å²) in [5.41, 5.74) is 0.838. The predicted molar refractivity (Wildman–Crippen MR) is 79.4 cm³/mol. The van der Waals surface area contributed by atoms with Crippen molar-refractivity contribution in [3.63, 3.8) is 0 Å². The highest BCUT2D eigenvalue weighted by molar-refractivity contribution is 7.11. The zero-order valence-corrected chi connectivity index (χ0v) is 12.8. The lowest BCUT2D eigenvalue weighted by Gasteiger charge is -2.11. The summed E-state index contributed by atoms with van der Waals surface area (Å²) in [6, 6.07) is 4.33. The molecule has 0 fully saturated rings. The van der Waals surface area contributed by atoms with Crippen molar-refractivity contribution in [1.82, 2.24) is 15.3 Å². The van der Waals surface area contributed by atoms with Gasteiger partial charge in [-0.25, -0.2) is 9.97 Å². The molecule has 0 aliphatic rings. The minimum atomic E-state index is 0.546. The van der Waals surface area contributed by atoms with Crippen LogP contribution in [0.15, 0.2) is 18.5 Å². The van der Waals surface area contributed by atoms with Crippen LogP contribution in [-0.4, -0.2) is 24.2 Å². The van der Waals surface area contributed by atoms with Crippen LogP contribution in [0.2, 0.25) is 0 Å². The van der Waals surface area contributed by atoms with E-state index in [2.05, 4.69) is 34.3 Å². The molecule has 108 valence electrons. The van der Waals surface area contributed by atoms with Crippen molar-refractivity contribution in [2.75, 3.05) is 14.2 Å². The monoisotopic (exact) mass is 293 g/mol. The maximum atomic E-state index is 5.24. The van der Waals surface area contributed by atoms with Crippen molar-refractivity contribution >= 4 is 11.3 Å². The Bertz CT molecular complexity index is 535. The van der Waals surface area contributed by atoms with Gasteiger partial charge in [0, 0.05) is 22.8 Å². The molecule has 0 spiro atoms. The van der Waals surface area contributed by atoms with E-state index in [1.165, 1.54) is 16.1 Å². The van der Waals surface area contributed by atoms with Crippen LogP contribution in [0.4, 0.5) is 0 Å². The number of ether oxygens (including phenoxy) is 2. The second-order valence-corrected chi connectivity index (χ2v) is 5.45. The van der Waals surface area contributed by atoms with E-state index in [1.807, 2.05) is 11.3 Å². The Kier molecular flexibility index (Phi) is 5.31. The third-order valence-electron chi connectivity index (χ3n) is 2.92. The Labute approximate surface area is 123 Å². The van der Waals surface area contributed by atoms with Crippen molar-refractivity contribution in [3.05, 3.63) is 33.8 Å². The molecular weight excluding hydrogens is 274 g/mol. The Balaban J connectivity index is 1.99. The smallest absolute Gasteiger partial charge is 0.224 e. The minimum Gasteiger partial charge on any atom is -0.481 e. The maximum absolute atomic E-state index is 5.24. The summed E-state index contributed by atoms with van der Waals surface area (Å²) in [4.78, 5) is 10.9. The number of nitrogens with one attached hydrogen (secondary N) is 1. The van der Waals surface area contributed by atoms with E-state index in [0.717, 1.165) is 18.5 Å². The molecule has 0 atom stereocenters. The van der Waals surface area contributed by atoms with Gasteiger partial charge in [0.25, 0.3) is 0 Å². The fraction of sp³-hybridized carbons (Fsp3) is 0.429. The summed E-state index contributed by atoms with van der Waals surface area (Å²) in [6.07, 6.45) is 2.52. The second kappa shape index (κ2) is 7.21. The quantitative estimate of drug-likeness (QED) is 0.849. The van der Waals surface area contributed by atoms with E-state index in [0.29, 0.717) is 18.3 Å². The van der Waals surface area contributed by atoms with Crippen LogP contribution in [0.3, 0.4) is 0 Å². The summed E-state index contributed by atoms with van der Waals surface area (Å²) in [6.45, 7) is 3.58. The van der Waals surface area contributed by atoms with Crippen LogP contribution in [-0.2, 0) is 19.5 Å². The highest BCUT2D eigenvalue weighted by Gasteiger charge is 2.12. The number of rotatable bonds is 7. The highest BCUT2D eigenvalue weighted by atomic mass is 32.1. The first-order valence-corrected chi connectivity index (χ1v) is 7.30. The average molecular weight is 293 g/mol. The molecular formula is C14H19N3O2S. The molecule has 0 aromatic carbocycles. The van der Waals surface area contributed by atoms with Gasteiger partial charge in [-0.1, -0.05) is 6.92 Å². The fourth-order valence-corrected chi connectivity index (χ4v) is 2.83. The minimum absolute atomic E-state index is 0.546. The normalized spacial score (nSPS) is 10.6. The van der Waals surface area contributed by atoms with Crippen LogP contribution >= 0.6 is 11.3 Å². The Morgan fingerprint density at radius 1 is 1.05 bits per heavy atom. The summed E-state index contributed by atoms with van der Waals surface area (Å²) in [7, 11) is 3.19. The number of hydrogen-bond donors (Lipinski definition) is 1. The number of aromatic nitrogens is 2.